The van der Waals surface area contributed by atoms with Crippen LogP contribution in [0.2, 0.25) is 5.02 Å². The summed E-state index contributed by atoms with van der Waals surface area (Å²) in [6, 6.07) is 17.8. The van der Waals surface area contributed by atoms with Crippen molar-refractivity contribution in [1.29, 1.82) is 0 Å². The van der Waals surface area contributed by atoms with Crippen molar-refractivity contribution < 1.29 is 24.9 Å². The minimum Gasteiger partial charge on any atom is -0.465 e. The van der Waals surface area contributed by atoms with Gasteiger partial charge in [-0.3, -0.25) is 4.79 Å². The summed E-state index contributed by atoms with van der Waals surface area (Å²) < 4.78 is 7.53. The molecule has 0 unspecified atom stereocenters. The Morgan fingerprint density at radius 2 is 1.56 bits per heavy atom. The van der Waals surface area contributed by atoms with Crippen LogP contribution in [0.4, 0.5) is 4.79 Å². The fourth-order valence-corrected chi connectivity index (χ4v) is 4.86. The molecule has 4 aromatic rings. The van der Waals surface area contributed by atoms with E-state index in [9.17, 15) is 19.8 Å². The molecule has 7 nitrogen and oxygen atoms in total. The molecule has 1 heterocycles. The van der Waals surface area contributed by atoms with Crippen LogP contribution in [0.5, 0.6) is 11.5 Å². The van der Waals surface area contributed by atoms with Gasteiger partial charge in [-0.2, -0.15) is 0 Å². The van der Waals surface area contributed by atoms with Crippen LogP contribution >= 0.6 is 22.9 Å². The molecule has 0 saturated carbocycles. The lowest BCUT2D eigenvalue weighted by atomic mass is 9.92. The average Bonchev–Trinajstić information content (AvgIpc) is 2.84. The van der Waals surface area contributed by atoms with Gasteiger partial charge in [-0.15, -0.1) is 11.3 Å². The predicted molar refractivity (Wildman–Crippen MR) is 134 cm³/mol. The lowest BCUT2D eigenvalue weighted by Gasteiger charge is -2.29. The molecule has 0 aliphatic rings. The minimum absolute atomic E-state index is 0.133. The van der Waals surface area contributed by atoms with E-state index in [-0.39, 0.29) is 11.8 Å². The van der Waals surface area contributed by atoms with E-state index >= 15 is 0 Å². The molecule has 34 heavy (non-hydrogen) atoms. The number of fused-ring (bicyclic) bond motifs is 2. The fraction of sp³-hybridized carbons (Fsp3) is 0.200. The van der Waals surface area contributed by atoms with Gasteiger partial charge in [0.15, 0.2) is 5.43 Å². The summed E-state index contributed by atoms with van der Waals surface area (Å²) in [4.78, 5) is 24.4. The number of hydrogen-bond acceptors (Lipinski definition) is 6. The van der Waals surface area contributed by atoms with Crippen LogP contribution in [0.1, 0.15) is 12.0 Å². The first-order valence-electron chi connectivity index (χ1n) is 10.5. The topological polar surface area (TPSA) is 116 Å². The maximum atomic E-state index is 13.3. The molecule has 0 spiro atoms. The van der Waals surface area contributed by atoms with Crippen molar-refractivity contribution >= 4 is 49.2 Å². The highest BCUT2D eigenvalue weighted by Gasteiger charge is 2.30. The molecule has 0 fully saturated rings. The molecule has 4 N–H and O–H groups in total. The molecule has 0 aliphatic carbocycles. The number of carboxylic acid groups (broad SMARTS) is 1. The lowest BCUT2D eigenvalue weighted by Crippen LogP contribution is -2.54. The largest absolute Gasteiger partial charge is 0.465 e. The van der Waals surface area contributed by atoms with Crippen LogP contribution in [-0.4, -0.2) is 40.2 Å². The summed E-state index contributed by atoms with van der Waals surface area (Å²) >= 11 is 7.41. The predicted octanol–water partition coefficient (Wildman–Crippen LogP) is 4.78. The van der Waals surface area contributed by atoms with Crippen molar-refractivity contribution in [2.45, 2.75) is 18.4 Å². The number of nitrogens with one attached hydrogen (secondary N) is 1. The Kier molecular flexibility index (Phi) is 7.04. The van der Waals surface area contributed by atoms with Gasteiger partial charge in [-0.25, -0.2) is 4.79 Å². The van der Waals surface area contributed by atoms with Crippen LogP contribution in [0, 0.1) is 0 Å². The van der Waals surface area contributed by atoms with Crippen molar-refractivity contribution in [1.82, 2.24) is 5.32 Å². The normalized spacial score (nSPS) is 11.6. The summed E-state index contributed by atoms with van der Waals surface area (Å²) in [5, 5.41) is 32.2. The molecule has 0 radical (unpaired) electrons. The molecule has 9 heteroatoms. The van der Waals surface area contributed by atoms with Gasteiger partial charge in [0.05, 0.1) is 18.8 Å². The summed E-state index contributed by atoms with van der Waals surface area (Å²) in [6.45, 7) is -1.08. The quantitative estimate of drug-likeness (QED) is 0.259. The molecule has 0 bridgehead atoms. The van der Waals surface area contributed by atoms with E-state index in [1.807, 2.05) is 24.3 Å². The SMILES string of the molecule is O=C(O)NC(CO)(CO)CCc1ccc2sc3ccc(Oc4ccc(Cl)cc4)cc3c(=O)c2c1. The Balaban J connectivity index is 1.65. The number of benzene rings is 3. The van der Waals surface area contributed by atoms with Crippen molar-refractivity contribution in [2.75, 3.05) is 13.2 Å². The van der Waals surface area contributed by atoms with Gasteiger partial charge in [0.1, 0.15) is 11.5 Å². The van der Waals surface area contributed by atoms with E-state index < -0.39 is 24.8 Å². The number of hydrogen-bond donors (Lipinski definition) is 4. The van der Waals surface area contributed by atoms with E-state index in [2.05, 4.69) is 5.32 Å². The van der Waals surface area contributed by atoms with Gasteiger partial charge in [-0.1, -0.05) is 17.7 Å². The van der Waals surface area contributed by atoms with E-state index in [1.54, 1.807) is 36.4 Å². The van der Waals surface area contributed by atoms with Gasteiger partial charge in [-0.05, 0) is 73.0 Å². The molecule has 4 rings (SSSR count). The molecule has 176 valence electrons. The number of aryl methyl sites for hydroxylation is 1. The first-order valence-corrected chi connectivity index (χ1v) is 11.7. The number of aliphatic hydroxyl groups excluding tert-OH is 2. The molecule has 0 atom stereocenters. The van der Waals surface area contributed by atoms with E-state index in [4.69, 9.17) is 21.4 Å². The van der Waals surface area contributed by atoms with Crippen LogP contribution in [0.15, 0.2) is 65.5 Å². The zero-order chi connectivity index (χ0) is 24.3. The highest BCUT2D eigenvalue weighted by Crippen LogP contribution is 2.30. The van der Waals surface area contributed by atoms with Gasteiger partial charge in [0.25, 0.3) is 0 Å². The third-order valence-electron chi connectivity index (χ3n) is 5.62. The van der Waals surface area contributed by atoms with E-state index in [0.717, 1.165) is 15.0 Å². The van der Waals surface area contributed by atoms with Gasteiger partial charge < -0.3 is 25.4 Å². The number of ether oxygens (including phenoxy) is 1. The Morgan fingerprint density at radius 1 is 0.941 bits per heavy atom. The molecule has 0 aliphatic heterocycles. The van der Waals surface area contributed by atoms with Gasteiger partial charge >= 0.3 is 6.09 Å². The monoisotopic (exact) mass is 499 g/mol. The standard InChI is InChI=1S/C25H22ClNO6S/c26-16-2-4-17(5-3-16)33-18-6-8-22-20(12-18)23(30)19-11-15(1-7-21(19)34-22)9-10-25(13-28,14-29)27-24(31)32/h1-8,11-12,27-29H,9-10,13-14H2,(H,31,32). The highest BCUT2D eigenvalue weighted by atomic mass is 35.5. The van der Waals surface area contributed by atoms with Crippen molar-refractivity contribution in [3.05, 3.63) is 81.5 Å². The average molecular weight is 500 g/mol. The molecule has 3 aromatic carbocycles. The van der Waals surface area contributed by atoms with E-state index in [1.165, 1.54) is 11.3 Å². The van der Waals surface area contributed by atoms with Crippen molar-refractivity contribution in [3.63, 3.8) is 0 Å². The van der Waals surface area contributed by atoms with Crippen molar-refractivity contribution in [2.24, 2.45) is 0 Å². The van der Waals surface area contributed by atoms with Crippen LogP contribution in [0.3, 0.4) is 0 Å². The zero-order valence-corrected chi connectivity index (χ0v) is 19.5. The Bertz CT molecular complexity index is 1400. The fourth-order valence-electron chi connectivity index (χ4n) is 3.70. The first-order chi connectivity index (χ1) is 16.3. The molecule has 1 amide bonds. The summed E-state index contributed by atoms with van der Waals surface area (Å²) in [5.41, 5.74) is -0.698. The molecule has 0 saturated heterocycles. The lowest BCUT2D eigenvalue weighted by molar-refractivity contribution is 0.0806. The maximum Gasteiger partial charge on any atom is 0.405 e. The second-order valence-electron chi connectivity index (χ2n) is 8.00. The summed E-state index contributed by atoms with van der Waals surface area (Å²) in [6.07, 6.45) is -0.797. The number of carbonyl (C=O) groups is 1. The van der Waals surface area contributed by atoms with Crippen molar-refractivity contribution in [3.8, 4) is 11.5 Å². The summed E-state index contributed by atoms with van der Waals surface area (Å²) in [5.74, 6) is 1.14. The second kappa shape index (κ2) is 9.99. The third kappa shape index (κ3) is 5.15. The molecular weight excluding hydrogens is 478 g/mol. The van der Waals surface area contributed by atoms with Crippen LogP contribution in [-0.2, 0) is 6.42 Å². The first kappa shape index (κ1) is 24.0. The highest BCUT2D eigenvalue weighted by molar-refractivity contribution is 7.24. The Labute approximate surface area is 203 Å². The van der Waals surface area contributed by atoms with E-state index in [0.29, 0.717) is 33.7 Å². The van der Waals surface area contributed by atoms with Gasteiger partial charge in [0, 0.05) is 25.2 Å². The maximum absolute atomic E-state index is 13.3. The number of aliphatic hydroxyl groups is 2. The Morgan fingerprint density at radius 3 is 2.21 bits per heavy atom. The molecule has 1 aromatic heterocycles. The molecular formula is C25H22ClNO6S. The van der Waals surface area contributed by atoms with Crippen LogP contribution in [0.25, 0.3) is 20.2 Å². The smallest absolute Gasteiger partial charge is 0.405 e. The zero-order valence-electron chi connectivity index (χ0n) is 18.0. The number of halogens is 1. The van der Waals surface area contributed by atoms with Crippen LogP contribution < -0.4 is 15.5 Å². The number of amides is 1. The third-order valence-corrected chi connectivity index (χ3v) is 7.03. The second-order valence-corrected chi connectivity index (χ2v) is 9.52. The minimum atomic E-state index is -1.36. The summed E-state index contributed by atoms with van der Waals surface area (Å²) in [7, 11) is 0. The Hall–Kier alpha value is -3.17. The van der Waals surface area contributed by atoms with Gasteiger partial charge in [0.2, 0.25) is 0 Å². The number of rotatable bonds is 8.